The highest BCUT2D eigenvalue weighted by Crippen LogP contribution is 2.21. The Balaban J connectivity index is 2.79. The molecule has 0 aromatic rings. The van der Waals surface area contributed by atoms with E-state index in [0.717, 1.165) is 12.8 Å². The van der Waals surface area contributed by atoms with E-state index in [4.69, 9.17) is 15.2 Å². The van der Waals surface area contributed by atoms with Gasteiger partial charge in [-0.3, -0.25) is 0 Å². The maximum absolute atomic E-state index is 12.1. The third kappa shape index (κ3) is 4.38. The van der Waals surface area contributed by atoms with Gasteiger partial charge in [-0.05, 0) is 40.0 Å². The molecule has 0 saturated carbocycles. The summed E-state index contributed by atoms with van der Waals surface area (Å²) in [4.78, 5) is 25.3. The molecule has 2 N–H and O–H groups in total. The van der Waals surface area contributed by atoms with Crippen LogP contribution < -0.4 is 5.73 Å². The molecule has 1 aliphatic heterocycles. The van der Waals surface area contributed by atoms with Gasteiger partial charge in [0.15, 0.2) is 0 Å². The zero-order chi connectivity index (χ0) is 14.7. The average molecular weight is 272 g/mol. The van der Waals surface area contributed by atoms with E-state index >= 15 is 0 Å². The van der Waals surface area contributed by atoms with Crippen molar-refractivity contribution in [1.82, 2.24) is 4.90 Å². The third-order valence-electron chi connectivity index (χ3n) is 3.02. The largest absolute Gasteiger partial charge is 0.468 e. The second-order valence-corrected chi connectivity index (χ2v) is 6.01. The van der Waals surface area contributed by atoms with Crippen molar-refractivity contribution >= 4 is 12.1 Å². The summed E-state index contributed by atoms with van der Waals surface area (Å²) >= 11 is 0. The van der Waals surface area contributed by atoms with E-state index in [0.29, 0.717) is 13.0 Å². The number of hydrogen-bond acceptors (Lipinski definition) is 5. The van der Waals surface area contributed by atoms with Gasteiger partial charge in [0.1, 0.15) is 11.1 Å². The minimum absolute atomic E-state index is 0.134. The normalized spacial score (nSPS) is 24.6. The molecule has 6 nitrogen and oxygen atoms in total. The fourth-order valence-corrected chi connectivity index (χ4v) is 2.09. The van der Waals surface area contributed by atoms with Crippen LogP contribution in [0.3, 0.4) is 0 Å². The Bertz CT molecular complexity index is 351. The fraction of sp³-hybridized carbons (Fsp3) is 0.846. The van der Waals surface area contributed by atoms with Crippen LogP contribution in [0.1, 0.15) is 40.0 Å². The Morgan fingerprint density at radius 2 is 1.89 bits per heavy atom. The summed E-state index contributed by atoms with van der Waals surface area (Å²) in [5, 5.41) is 0. The fourth-order valence-electron chi connectivity index (χ4n) is 2.09. The van der Waals surface area contributed by atoms with Gasteiger partial charge in [-0.25, -0.2) is 9.59 Å². The second kappa shape index (κ2) is 5.77. The number of rotatable bonds is 1. The molecule has 0 spiro atoms. The molecule has 1 unspecified atom stereocenters. The number of carbonyl (C=O) groups excluding carboxylic acids is 2. The highest BCUT2D eigenvalue weighted by Gasteiger charge is 2.40. The van der Waals surface area contributed by atoms with Crippen molar-refractivity contribution in [3.63, 3.8) is 0 Å². The van der Waals surface area contributed by atoms with Gasteiger partial charge in [-0.2, -0.15) is 0 Å². The van der Waals surface area contributed by atoms with Crippen molar-refractivity contribution in [2.45, 2.75) is 51.2 Å². The Morgan fingerprint density at radius 1 is 1.26 bits per heavy atom. The van der Waals surface area contributed by atoms with Crippen molar-refractivity contribution < 1.29 is 19.1 Å². The number of methoxy groups -OCH3 is 1. The molecule has 1 saturated heterocycles. The number of ether oxygens (including phenoxy) is 2. The molecule has 1 fully saturated rings. The van der Waals surface area contributed by atoms with Crippen molar-refractivity contribution in [3.05, 3.63) is 0 Å². The van der Waals surface area contributed by atoms with E-state index in [9.17, 15) is 9.59 Å². The maximum Gasteiger partial charge on any atom is 0.410 e. The van der Waals surface area contributed by atoms with Crippen LogP contribution in [0.4, 0.5) is 4.79 Å². The molecule has 0 aliphatic carbocycles. The molecule has 110 valence electrons. The van der Waals surface area contributed by atoms with Gasteiger partial charge < -0.3 is 20.1 Å². The van der Waals surface area contributed by atoms with E-state index in [-0.39, 0.29) is 6.54 Å². The lowest BCUT2D eigenvalue weighted by Crippen LogP contribution is -2.57. The van der Waals surface area contributed by atoms with Crippen LogP contribution >= 0.6 is 0 Å². The van der Waals surface area contributed by atoms with E-state index in [1.54, 1.807) is 20.8 Å². The highest BCUT2D eigenvalue weighted by atomic mass is 16.6. The summed E-state index contributed by atoms with van der Waals surface area (Å²) in [7, 11) is 1.31. The molecule has 1 aliphatic rings. The molecular weight excluding hydrogens is 248 g/mol. The predicted molar refractivity (Wildman–Crippen MR) is 70.6 cm³/mol. The van der Waals surface area contributed by atoms with Crippen LogP contribution in [-0.4, -0.2) is 48.3 Å². The molecule has 19 heavy (non-hydrogen) atoms. The molecule has 0 aromatic carbocycles. The summed E-state index contributed by atoms with van der Waals surface area (Å²) in [5.41, 5.74) is 4.38. The van der Waals surface area contributed by atoms with Crippen LogP contribution in [0.25, 0.3) is 0 Å². The summed E-state index contributed by atoms with van der Waals surface area (Å²) in [6, 6.07) is 0. The Morgan fingerprint density at radius 3 is 2.42 bits per heavy atom. The highest BCUT2D eigenvalue weighted by molar-refractivity contribution is 5.82. The summed E-state index contributed by atoms with van der Waals surface area (Å²) in [6.45, 7) is 6.09. The van der Waals surface area contributed by atoms with Gasteiger partial charge in [0.05, 0.1) is 13.7 Å². The van der Waals surface area contributed by atoms with E-state index in [2.05, 4.69) is 0 Å². The Hall–Kier alpha value is -1.30. The smallest absolute Gasteiger partial charge is 0.410 e. The van der Waals surface area contributed by atoms with Gasteiger partial charge in [-0.1, -0.05) is 0 Å². The number of likely N-dealkylation sites (tertiary alicyclic amines) is 1. The molecule has 0 aromatic heterocycles. The number of carbonyl (C=O) groups is 2. The zero-order valence-corrected chi connectivity index (χ0v) is 12.2. The molecule has 0 radical (unpaired) electrons. The van der Waals surface area contributed by atoms with E-state index in [1.807, 2.05) is 0 Å². The quantitative estimate of drug-likeness (QED) is 0.727. The van der Waals surface area contributed by atoms with Gasteiger partial charge >= 0.3 is 12.1 Å². The van der Waals surface area contributed by atoms with Crippen LogP contribution in [0.15, 0.2) is 0 Å². The first-order chi connectivity index (χ1) is 8.68. The van der Waals surface area contributed by atoms with Crippen LogP contribution in [-0.2, 0) is 14.3 Å². The summed E-state index contributed by atoms with van der Waals surface area (Å²) in [5.74, 6) is -0.483. The number of esters is 1. The van der Waals surface area contributed by atoms with E-state index < -0.39 is 23.2 Å². The SMILES string of the molecule is COC(=O)C1(N)CCCCN(C(=O)OC(C)(C)C)C1. The zero-order valence-electron chi connectivity index (χ0n) is 12.2. The monoisotopic (exact) mass is 272 g/mol. The average Bonchev–Trinajstić information content (AvgIpc) is 2.49. The first-order valence-corrected chi connectivity index (χ1v) is 6.53. The molecule has 1 amide bonds. The van der Waals surface area contributed by atoms with Gasteiger partial charge in [0, 0.05) is 6.54 Å². The van der Waals surface area contributed by atoms with Gasteiger partial charge in [0.2, 0.25) is 0 Å². The van der Waals surface area contributed by atoms with Crippen molar-refractivity contribution in [1.29, 1.82) is 0 Å². The lowest BCUT2D eigenvalue weighted by atomic mass is 9.95. The van der Waals surface area contributed by atoms with Crippen molar-refractivity contribution in [2.24, 2.45) is 5.73 Å². The molecule has 6 heteroatoms. The Labute approximate surface area is 114 Å². The number of amides is 1. The summed E-state index contributed by atoms with van der Waals surface area (Å²) in [6.07, 6.45) is 1.66. The van der Waals surface area contributed by atoms with Crippen molar-refractivity contribution in [2.75, 3.05) is 20.2 Å². The van der Waals surface area contributed by atoms with Crippen LogP contribution in [0.2, 0.25) is 0 Å². The first-order valence-electron chi connectivity index (χ1n) is 6.53. The predicted octanol–water partition coefficient (Wildman–Crippen LogP) is 1.28. The minimum atomic E-state index is -1.14. The van der Waals surface area contributed by atoms with E-state index in [1.165, 1.54) is 12.0 Å². The van der Waals surface area contributed by atoms with Crippen molar-refractivity contribution in [3.8, 4) is 0 Å². The standard InChI is InChI=1S/C13H24N2O4/c1-12(2,3)19-11(17)15-8-6-5-7-13(14,9-15)10(16)18-4/h5-9,14H2,1-4H3. The lowest BCUT2D eigenvalue weighted by Gasteiger charge is -2.31. The van der Waals surface area contributed by atoms with Crippen LogP contribution in [0.5, 0.6) is 0 Å². The number of hydrogen-bond donors (Lipinski definition) is 1. The summed E-state index contributed by atoms with van der Waals surface area (Å²) < 4.78 is 10.1. The second-order valence-electron chi connectivity index (χ2n) is 6.01. The lowest BCUT2D eigenvalue weighted by molar-refractivity contribution is -0.147. The third-order valence-corrected chi connectivity index (χ3v) is 3.02. The minimum Gasteiger partial charge on any atom is -0.468 e. The molecule has 1 atom stereocenters. The molecule has 1 heterocycles. The first kappa shape index (κ1) is 15.8. The number of nitrogens with zero attached hydrogens (tertiary/aromatic N) is 1. The Kier molecular flexibility index (Phi) is 4.79. The molecule has 1 rings (SSSR count). The molecule has 0 bridgehead atoms. The number of nitrogens with two attached hydrogens (primary N) is 1. The topological polar surface area (TPSA) is 81.9 Å². The molecular formula is C13H24N2O4. The van der Waals surface area contributed by atoms with Gasteiger partial charge in [0.25, 0.3) is 0 Å². The van der Waals surface area contributed by atoms with Gasteiger partial charge in [-0.15, -0.1) is 0 Å². The maximum atomic E-state index is 12.1. The van der Waals surface area contributed by atoms with Crippen LogP contribution in [0, 0.1) is 0 Å².